The van der Waals surface area contributed by atoms with Crippen molar-refractivity contribution >= 4 is 29.0 Å². The molecule has 0 atom stereocenters. The molecule has 1 saturated heterocycles. The fourth-order valence-electron chi connectivity index (χ4n) is 3.78. The molecule has 3 aromatic carbocycles. The summed E-state index contributed by atoms with van der Waals surface area (Å²) < 4.78 is 5.15. The smallest absolute Gasteiger partial charge is 0.321 e. The number of amides is 3. The van der Waals surface area contributed by atoms with E-state index in [1.54, 1.807) is 7.11 Å². The van der Waals surface area contributed by atoms with Crippen molar-refractivity contribution in [1.29, 1.82) is 0 Å². The van der Waals surface area contributed by atoms with Gasteiger partial charge in [-0.2, -0.15) is 0 Å². The Labute approximate surface area is 194 Å². The van der Waals surface area contributed by atoms with Crippen LogP contribution >= 0.6 is 0 Å². The van der Waals surface area contributed by atoms with Crippen LogP contribution in [-0.2, 0) is 11.2 Å². The molecule has 7 nitrogen and oxygen atoms in total. The summed E-state index contributed by atoms with van der Waals surface area (Å²) in [6.45, 7) is 2.81. The maximum atomic E-state index is 12.5. The summed E-state index contributed by atoms with van der Waals surface area (Å²) in [5.74, 6) is 0.707. The molecular formula is C26H28N4O3. The van der Waals surface area contributed by atoms with E-state index in [1.807, 2.05) is 83.8 Å². The Balaban J connectivity index is 1.25. The summed E-state index contributed by atoms with van der Waals surface area (Å²) in [4.78, 5) is 28.9. The van der Waals surface area contributed by atoms with Gasteiger partial charge in [0.05, 0.1) is 13.5 Å². The number of urea groups is 1. The van der Waals surface area contributed by atoms with Crippen LogP contribution in [-0.4, -0.2) is 50.1 Å². The van der Waals surface area contributed by atoms with Crippen molar-refractivity contribution < 1.29 is 14.3 Å². The lowest BCUT2D eigenvalue weighted by Gasteiger charge is -2.36. The lowest BCUT2D eigenvalue weighted by atomic mass is 10.1. The molecule has 33 heavy (non-hydrogen) atoms. The summed E-state index contributed by atoms with van der Waals surface area (Å²) in [5.41, 5.74) is 3.57. The standard InChI is InChI=1S/C26H28N4O3/c1-33-24-13-7-20(8-14-24)19-25(31)27-22-9-11-23(12-10-22)29-15-17-30(18-16-29)26(32)28-21-5-3-2-4-6-21/h2-14H,15-19H2,1H3,(H,27,31)(H,28,32). The molecule has 1 fully saturated rings. The number of ether oxygens (including phenoxy) is 1. The Hall–Kier alpha value is -4.00. The minimum atomic E-state index is -0.0734. The first-order valence-corrected chi connectivity index (χ1v) is 11.0. The average Bonchev–Trinajstić information content (AvgIpc) is 2.86. The van der Waals surface area contributed by atoms with Gasteiger partial charge in [-0.25, -0.2) is 4.79 Å². The highest BCUT2D eigenvalue weighted by Gasteiger charge is 2.21. The van der Waals surface area contributed by atoms with E-state index in [0.717, 1.165) is 41.5 Å². The molecule has 1 aliphatic heterocycles. The Morgan fingerprint density at radius 2 is 1.42 bits per heavy atom. The van der Waals surface area contributed by atoms with Crippen LogP contribution in [0.1, 0.15) is 5.56 Å². The summed E-state index contributed by atoms with van der Waals surface area (Å²) in [6, 6.07) is 24.7. The number of anilines is 3. The van der Waals surface area contributed by atoms with Crippen molar-refractivity contribution in [1.82, 2.24) is 4.90 Å². The number of carbonyl (C=O) groups excluding carboxylic acids is 2. The number of hydrogen-bond donors (Lipinski definition) is 2. The van der Waals surface area contributed by atoms with Crippen LogP contribution in [0.15, 0.2) is 78.9 Å². The molecule has 0 radical (unpaired) electrons. The van der Waals surface area contributed by atoms with E-state index >= 15 is 0 Å². The first-order chi connectivity index (χ1) is 16.1. The van der Waals surface area contributed by atoms with Gasteiger partial charge >= 0.3 is 6.03 Å². The summed E-state index contributed by atoms with van der Waals surface area (Å²) in [7, 11) is 1.62. The van der Waals surface area contributed by atoms with Crippen LogP contribution in [0.3, 0.4) is 0 Å². The Morgan fingerprint density at radius 1 is 0.788 bits per heavy atom. The average molecular weight is 445 g/mol. The van der Waals surface area contributed by atoms with Crippen LogP contribution < -0.4 is 20.3 Å². The van der Waals surface area contributed by atoms with Gasteiger partial charge in [0, 0.05) is 43.2 Å². The topological polar surface area (TPSA) is 73.9 Å². The second-order valence-electron chi connectivity index (χ2n) is 7.89. The van der Waals surface area contributed by atoms with Crippen LogP contribution in [0.5, 0.6) is 5.75 Å². The first-order valence-electron chi connectivity index (χ1n) is 11.0. The largest absolute Gasteiger partial charge is 0.497 e. The van der Waals surface area contributed by atoms with Crippen molar-refractivity contribution in [2.75, 3.05) is 48.8 Å². The second kappa shape index (κ2) is 10.5. The third-order valence-electron chi connectivity index (χ3n) is 5.63. The number of nitrogens with zero attached hydrogens (tertiary/aromatic N) is 2. The minimum absolute atomic E-state index is 0.0639. The van der Waals surface area contributed by atoms with E-state index in [-0.39, 0.29) is 11.9 Å². The van der Waals surface area contributed by atoms with Gasteiger partial charge < -0.3 is 25.2 Å². The van der Waals surface area contributed by atoms with Gasteiger partial charge in [0.1, 0.15) is 5.75 Å². The second-order valence-corrected chi connectivity index (χ2v) is 7.89. The highest BCUT2D eigenvalue weighted by molar-refractivity contribution is 5.92. The number of methoxy groups -OCH3 is 1. The van der Waals surface area contributed by atoms with Gasteiger partial charge in [-0.1, -0.05) is 30.3 Å². The minimum Gasteiger partial charge on any atom is -0.497 e. The molecule has 0 saturated carbocycles. The Bertz CT molecular complexity index is 1060. The van der Waals surface area contributed by atoms with Crippen LogP contribution in [0.2, 0.25) is 0 Å². The molecule has 0 bridgehead atoms. The van der Waals surface area contributed by atoms with E-state index in [0.29, 0.717) is 19.5 Å². The first kappa shape index (κ1) is 22.2. The molecule has 3 aromatic rings. The molecule has 170 valence electrons. The predicted octanol–water partition coefficient (Wildman–Crippen LogP) is 4.23. The van der Waals surface area contributed by atoms with Gasteiger partial charge in [-0.15, -0.1) is 0 Å². The van der Waals surface area contributed by atoms with E-state index < -0.39 is 0 Å². The summed E-state index contributed by atoms with van der Waals surface area (Å²) in [6.07, 6.45) is 0.304. The van der Waals surface area contributed by atoms with Gasteiger partial charge in [0.25, 0.3) is 0 Å². The highest BCUT2D eigenvalue weighted by Crippen LogP contribution is 2.20. The summed E-state index contributed by atoms with van der Waals surface area (Å²) >= 11 is 0. The molecule has 1 heterocycles. The number of rotatable bonds is 6. The van der Waals surface area contributed by atoms with Crippen molar-refractivity contribution in [3.05, 3.63) is 84.4 Å². The number of hydrogen-bond acceptors (Lipinski definition) is 4. The van der Waals surface area contributed by atoms with Crippen LogP contribution in [0.4, 0.5) is 21.9 Å². The number of para-hydroxylation sites is 1. The maximum absolute atomic E-state index is 12.5. The van der Waals surface area contributed by atoms with Gasteiger partial charge in [0.2, 0.25) is 5.91 Å². The molecule has 1 aliphatic rings. The normalized spacial score (nSPS) is 13.4. The van der Waals surface area contributed by atoms with E-state index in [1.165, 1.54) is 0 Å². The van der Waals surface area contributed by atoms with Gasteiger partial charge in [-0.05, 0) is 54.1 Å². The molecule has 0 spiro atoms. The van der Waals surface area contributed by atoms with Gasteiger partial charge in [-0.3, -0.25) is 4.79 Å². The molecule has 4 rings (SSSR count). The van der Waals surface area contributed by atoms with E-state index in [2.05, 4.69) is 15.5 Å². The lowest BCUT2D eigenvalue weighted by Crippen LogP contribution is -2.50. The SMILES string of the molecule is COc1ccc(CC(=O)Nc2ccc(N3CCN(C(=O)Nc4ccccc4)CC3)cc2)cc1. The molecule has 2 N–H and O–H groups in total. The van der Waals surface area contributed by atoms with E-state index in [4.69, 9.17) is 4.74 Å². The van der Waals surface area contributed by atoms with Gasteiger partial charge in [0.15, 0.2) is 0 Å². The quantitative estimate of drug-likeness (QED) is 0.597. The van der Waals surface area contributed by atoms with Crippen molar-refractivity contribution in [2.24, 2.45) is 0 Å². The molecule has 0 unspecified atom stereocenters. The highest BCUT2D eigenvalue weighted by atomic mass is 16.5. The molecule has 0 aliphatic carbocycles. The van der Waals surface area contributed by atoms with Crippen molar-refractivity contribution in [3.8, 4) is 5.75 Å². The zero-order valence-corrected chi connectivity index (χ0v) is 18.7. The third kappa shape index (κ3) is 6.04. The Morgan fingerprint density at radius 3 is 2.06 bits per heavy atom. The van der Waals surface area contributed by atoms with Crippen molar-refractivity contribution in [3.63, 3.8) is 0 Å². The number of benzene rings is 3. The lowest BCUT2D eigenvalue weighted by molar-refractivity contribution is -0.115. The number of nitrogens with one attached hydrogen (secondary N) is 2. The monoisotopic (exact) mass is 444 g/mol. The zero-order valence-electron chi connectivity index (χ0n) is 18.7. The Kier molecular flexibility index (Phi) is 7.09. The molecule has 3 amide bonds. The number of carbonyl (C=O) groups is 2. The molecular weight excluding hydrogens is 416 g/mol. The van der Waals surface area contributed by atoms with Crippen LogP contribution in [0, 0.1) is 0 Å². The van der Waals surface area contributed by atoms with Crippen molar-refractivity contribution in [2.45, 2.75) is 6.42 Å². The fraction of sp³-hybridized carbons (Fsp3) is 0.231. The maximum Gasteiger partial charge on any atom is 0.321 e. The molecule has 0 aromatic heterocycles. The number of piperazine rings is 1. The van der Waals surface area contributed by atoms with E-state index in [9.17, 15) is 9.59 Å². The third-order valence-corrected chi connectivity index (χ3v) is 5.63. The van der Waals surface area contributed by atoms with Crippen LogP contribution in [0.25, 0.3) is 0 Å². The zero-order chi connectivity index (χ0) is 23.0. The summed E-state index contributed by atoms with van der Waals surface area (Å²) in [5, 5.41) is 5.88. The molecule has 7 heteroatoms. The fourth-order valence-corrected chi connectivity index (χ4v) is 3.78. The predicted molar refractivity (Wildman–Crippen MR) is 131 cm³/mol.